The molecule has 0 rings (SSSR count). The molecule has 0 atom stereocenters. The molecule has 1 N–H and O–H groups in total. The smallest absolute Gasteiger partial charge is 0.245 e. The minimum atomic E-state index is -0.123. The van der Waals surface area contributed by atoms with Crippen LogP contribution in [0, 0.1) is 5.92 Å². The normalized spacial score (nSPS) is 10.8. The van der Waals surface area contributed by atoms with Crippen molar-refractivity contribution in [3.05, 3.63) is 0 Å². The van der Waals surface area contributed by atoms with Gasteiger partial charge in [0.25, 0.3) is 0 Å². The van der Waals surface area contributed by atoms with Crippen molar-refractivity contribution < 1.29 is 19.0 Å². The maximum absolute atomic E-state index is 10.8. The molecule has 0 aromatic heterocycles. The number of amides is 1. The van der Waals surface area contributed by atoms with Crippen molar-refractivity contribution in [3.63, 3.8) is 0 Å². The predicted octanol–water partition coefficient (Wildman–Crippen LogP) is 0.828. The monoisotopic (exact) mass is 247 g/mol. The number of rotatable bonds is 11. The van der Waals surface area contributed by atoms with E-state index in [1.54, 1.807) is 7.05 Å². The van der Waals surface area contributed by atoms with Gasteiger partial charge < -0.3 is 19.5 Å². The maximum atomic E-state index is 10.8. The van der Waals surface area contributed by atoms with Crippen molar-refractivity contribution in [2.24, 2.45) is 5.92 Å². The van der Waals surface area contributed by atoms with Gasteiger partial charge in [-0.1, -0.05) is 13.8 Å². The highest BCUT2D eigenvalue weighted by molar-refractivity contribution is 5.76. The molecule has 0 bridgehead atoms. The number of likely N-dealkylation sites (N-methyl/N-ethyl adjacent to an activating group) is 1. The summed E-state index contributed by atoms with van der Waals surface area (Å²) in [7, 11) is 1.58. The largest absolute Gasteiger partial charge is 0.379 e. The van der Waals surface area contributed by atoms with Crippen molar-refractivity contribution in [3.8, 4) is 0 Å². The Kier molecular flexibility index (Phi) is 11.4. The lowest BCUT2D eigenvalue weighted by Gasteiger charge is -2.07. The average Bonchev–Trinajstić information content (AvgIpc) is 2.30. The number of hydrogen-bond donors (Lipinski definition) is 1. The molecular formula is C12H25NO4. The van der Waals surface area contributed by atoms with E-state index < -0.39 is 0 Å². The highest BCUT2D eigenvalue weighted by Crippen LogP contribution is 1.98. The number of hydrogen-bond acceptors (Lipinski definition) is 4. The summed E-state index contributed by atoms with van der Waals surface area (Å²) >= 11 is 0. The second-order valence-electron chi connectivity index (χ2n) is 4.13. The molecule has 0 spiro atoms. The van der Waals surface area contributed by atoms with Gasteiger partial charge in [0.05, 0.1) is 26.4 Å². The van der Waals surface area contributed by atoms with E-state index in [2.05, 4.69) is 19.2 Å². The number of carbonyl (C=O) groups excluding carboxylic acids is 1. The van der Waals surface area contributed by atoms with Gasteiger partial charge in [-0.2, -0.15) is 0 Å². The second kappa shape index (κ2) is 11.8. The molecule has 1 amide bonds. The summed E-state index contributed by atoms with van der Waals surface area (Å²) in [5, 5.41) is 2.47. The van der Waals surface area contributed by atoms with E-state index in [4.69, 9.17) is 14.2 Å². The topological polar surface area (TPSA) is 56.8 Å². The maximum Gasteiger partial charge on any atom is 0.245 e. The molecular weight excluding hydrogens is 222 g/mol. The van der Waals surface area contributed by atoms with Crippen LogP contribution in [0.15, 0.2) is 0 Å². The summed E-state index contributed by atoms with van der Waals surface area (Å²) in [6.45, 7) is 7.32. The third-order valence-electron chi connectivity index (χ3n) is 2.10. The minimum Gasteiger partial charge on any atom is -0.379 e. The zero-order valence-electron chi connectivity index (χ0n) is 11.2. The first-order valence-corrected chi connectivity index (χ1v) is 6.10. The Balaban J connectivity index is 3.01. The summed E-state index contributed by atoms with van der Waals surface area (Å²) in [5.41, 5.74) is 0. The Hall–Kier alpha value is -0.650. The van der Waals surface area contributed by atoms with Crippen LogP contribution in [0.5, 0.6) is 0 Å². The summed E-state index contributed by atoms with van der Waals surface area (Å²) in [6.07, 6.45) is 1.08. The fourth-order valence-corrected chi connectivity index (χ4v) is 0.996. The summed E-state index contributed by atoms with van der Waals surface area (Å²) in [6, 6.07) is 0. The van der Waals surface area contributed by atoms with Crippen molar-refractivity contribution in [2.75, 3.05) is 46.7 Å². The summed E-state index contributed by atoms with van der Waals surface area (Å²) in [4.78, 5) is 10.8. The van der Waals surface area contributed by atoms with Gasteiger partial charge in [0.2, 0.25) is 5.91 Å². The van der Waals surface area contributed by atoms with Gasteiger partial charge in [0, 0.05) is 13.7 Å². The predicted molar refractivity (Wildman–Crippen MR) is 66.0 cm³/mol. The molecule has 0 aliphatic carbocycles. The van der Waals surface area contributed by atoms with Gasteiger partial charge in [-0.25, -0.2) is 0 Å². The average molecular weight is 247 g/mol. The van der Waals surface area contributed by atoms with Crippen molar-refractivity contribution >= 4 is 5.91 Å². The van der Waals surface area contributed by atoms with Crippen molar-refractivity contribution in [1.29, 1.82) is 0 Å². The van der Waals surface area contributed by atoms with Crippen molar-refractivity contribution in [2.45, 2.75) is 20.3 Å². The quantitative estimate of drug-likeness (QED) is 0.549. The van der Waals surface area contributed by atoms with E-state index in [-0.39, 0.29) is 12.5 Å². The number of nitrogens with one attached hydrogen (secondary N) is 1. The Bertz CT molecular complexity index is 185. The first kappa shape index (κ1) is 16.4. The van der Waals surface area contributed by atoms with Crippen LogP contribution in [-0.2, 0) is 19.0 Å². The lowest BCUT2D eigenvalue weighted by Crippen LogP contribution is -2.24. The van der Waals surface area contributed by atoms with Gasteiger partial charge in [-0.3, -0.25) is 4.79 Å². The molecule has 0 heterocycles. The van der Waals surface area contributed by atoms with Crippen LogP contribution >= 0.6 is 0 Å². The zero-order chi connectivity index (χ0) is 12.9. The van der Waals surface area contributed by atoms with E-state index in [1.165, 1.54) is 0 Å². The van der Waals surface area contributed by atoms with Crippen LogP contribution in [0.4, 0.5) is 0 Å². The van der Waals surface area contributed by atoms with Crippen molar-refractivity contribution in [1.82, 2.24) is 5.32 Å². The molecule has 0 unspecified atom stereocenters. The van der Waals surface area contributed by atoms with Crippen LogP contribution in [-0.4, -0.2) is 52.6 Å². The van der Waals surface area contributed by atoms with Crippen LogP contribution in [0.1, 0.15) is 20.3 Å². The van der Waals surface area contributed by atoms with Crippen LogP contribution in [0.3, 0.4) is 0 Å². The fourth-order valence-electron chi connectivity index (χ4n) is 0.996. The third-order valence-corrected chi connectivity index (χ3v) is 2.10. The van der Waals surface area contributed by atoms with E-state index in [9.17, 15) is 4.79 Å². The van der Waals surface area contributed by atoms with E-state index >= 15 is 0 Å². The second-order valence-corrected chi connectivity index (χ2v) is 4.13. The Morgan fingerprint density at radius 1 is 1.00 bits per heavy atom. The molecule has 17 heavy (non-hydrogen) atoms. The number of ether oxygens (including phenoxy) is 3. The zero-order valence-corrected chi connectivity index (χ0v) is 11.2. The molecule has 0 saturated carbocycles. The standard InChI is InChI=1S/C12H25NO4/c1-11(2)4-5-15-6-7-16-8-9-17-10-12(14)13-3/h11H,4-10H2,1-3H3,(H,13,14). The highest BCUT2D eigenvalue weighted by Gasteiger charge is 1.97. The molecule has 0 aliphatic rings. The van der Waals surface area contributed by atoms with Crippen LogP contribution in [0.25, 0.3) is 0 Å². The molecule has 0 aliphatic heterocycles. The molecule has 0 aromatic rings. The first-order valence-electron chi connectivity index (χ1n) is 6.10. The fraction of sp³-hybridized carbons (Fsp3) is 0.917. The molecule has 0 fully saturated rings. The minimum absolute atomic E-state index is 0.0880. The Labute approximate surface area is 104 Å². The lowest BCUT2D eigenvalue weighted by molar-refractivity contribution is -0.125. The van der Waals surface area contributed by atoms with Gasteiger partial charge in [-0.05, 0) is 12.3 Å². The van der Waals surface area contributed by atoms with Gasteiger partial charge >= 0.3 is 0 Å². The lowest BCUT2D eigenvalue weighted by atomic mass is 10.1. The van der Waals surface area contributed by atoms with E-state index in [0.29, 0.717) is 32.3 Å². The van der Waals surface area contributed by atoms with Gasteiger partial charge in [0.1, 0.15) is 6.61 Å². The molecule has 5 nitrogen and oxygen atoms in total. The van der Waals surface area contributed by atoms with Crippen LogP contribution < -0.4 is 5.32 Å². The first-order chi connectivity index (χ1) is 8.16. The number of carbonyl (C=O) groups is 1. The molecule has 102 valence electrons. The molecule has 0 saturated heterocycles. The highest BCUT2D eigenvalue weighted by atomic mass is 16.5. The third kappa shape index (κ3) is 13.3. The summed E-state index contributed by atoms with van der Waals surface area (Å²) < 4.78 is 15.7. The van der Waals surface area contributed by atoms with E-state index in [1.807, 2.05) is 0 Å². The van der Waals surface area contributed by atoms with Gasteiger partial charge in [-0.15, -0.1) is 0 Å². The Morgan fingerprint density at radius 3 is 2.06 bits per heavy atom. The molecule has 5 heteroatoms. The van der Waals surface area contributed by atoms with E-state index in [0.717, 1.165) is 13.0 Å². The molecule has 0 radical (unpaired) electrons. The Morgan fingerprint density at radius 2 is 1.53 bits per heavy atom. The molecule has 0 aromatic carbocycles. The summed E-state index contributed by atoms with van der Waals surface area (Å²) in [5.74, 6) is 0.552. The van der Waals surface area contributed by atoms with Gasteiger partial charge in [0.15, 0.2) is 0 Å². The van der Waals surface area contributed by atoms with Crippen LogP contribution in [0.2, 0.25) is 0 Å². The SMILES string of the molecule is CNC(=O)COCCOCCOCCC(C)C.